The van der Waals surface area contributed by atoms with E-state index < -0.39 is 24.6 Å². The maximum Gasteiger partial charge on any atom is 0.422 e. The number of nitrogens with zero attached hydrogens (tertiary/aromatic N) is 3. The zero-order valence-corrected chi connectivity index (χ0v) is 17.8. The monoisotopic (exact) mass is 464 g/mol. The molecule has 7 nitrogen and oxygen atoms in total. The summed E-state index contributed by atoms with van der Waals surface area (Å²) in [5, 5.41) is 4.71. The fraction of sp³-hybridized carbons (Fsp3) is 0.500. The molecule has 1 aliphatic rings. The average molecular weight is 465 g/mol. The number of pyridine rings is 1. The second-order valence-electron chi connectivity index (χ2n) is 6.96. The van der Waals surface area contributed by atoms with Crippen molar-refractivity contribution < 1.29 is 27.4 Å². The van der Waals surface area contributed by atoms with Crippen LogP contribution in [0.25, 0.3) is 0 Å². The van der Waals surface area contributed by atoms with Crippen LogP contribution in [0.2, 0.25) is 5.02 Å². The lowest BCUT2D eigenvalue weighted by Crippen LogP contribution is -2.44. The molecule has 2 aromatic rings. The van der Waals surface area contributed by atoms with Gasteiger partial charge in [-0.3, -0.25) is 15.0 Å². The molecule has 0 saturated carbocycles. The van der Waals surface area contributed by atoms with E-state index in [1.807, 2.05) is 19.2 Å². The van der Waals surface area contributed by atoms with E-state index in [1.165, 1.54) is 17.4 Å². The van der Waals surface area contributed by atoms with Crippen molar-refractivity contribution in [3.63, 3.8) is 0 Å². The molecule has 2 atom stereocenters. The van der Waals surface area contributed by atoms with Crippen LogP contribution in [-0.4, -0.2) is 58.9 Å². The largest absolute Gasteiger partial charge is 0.467 e. The molecule has 0 aromatic carbocycles. The molecule has 3 rings (SSSR count). The van der Waals surface area contributed by atoms with Gasteiger partial charge in [0.25, 0.3) is 5.91 Å². The van der Waals surface area contributed by atoms with E-state index >= 15 is 0 Å². The summed E-state index contributed by atoms with van der Waals surface area (Å²) < 4.78 is 46.9. The van der Waals surface area contributed by atoms with E-state index in [-0.39, 0.29) is 22.8 Å². The first-order chi connectivity index (χ1) is 14.1. The number of aromatic nitrogens is 2. The van der Waals surface area contributed by atoms with Gasteiger partial charge in [-0.25, -0.2) is 9.97 Å². The molecule has 12 heteroatoms. The van der Waals surface area contributed by atoms with Gasteiger partial charge in [-0.15, -0.1) is 11.3 Å². The Balaban J connectivity index is 1.58. The lowest BCUT2D eigenvalue weighted by atomic mass is 10.2. The maximum atomic E-state index is 12.4. The standard InChI is InChI=1S/C18H20ClF3N4O3S/c1-10-5-26(6-11(2)29-10)7-13-8-30-17(24-13)25-15(27)12-3-14(19)16(23-4-12)28-9-18(20,21)22/h3-4,8,10-11H,5-7,9H2,1-2H3,(H,24,25,27). The second kappa shape index (κ2) is 9.46. The summed E-state index contributed by atoms with van der Waals surface area (Å²) >= 11 is 7.15. The highest BCUT2D eigenvalue weighted by Crippen LogP contribution is 2.26. The minimum absolute atomic E-state index is 0.0759. The van der Waals surface area contributed by atoms with E-state index in [1.54, 1.807) is 0 Å². The molecule has 30 heavy (non-hydrogen) atoms. The Bertz CT molecular complexity index is 886. The molecule has 0 bridgehead atoms. The van der Waals surface area contributed by atoms with Crippen LogP contribution in [-0.2, 0) is 11.3 Å². The van der Waals surface area contributed by atoms with Crippen LogP contribution in [0.4, 0.5) is 18.3 Å². The van der Waals surface area contributed by atoms with Crippen molar-refractivity contribution in [1.29, 1.82) is 0 Å². The topological polar surface area (TPSA) is 76.6 Å². The molecule has 1 N–H and O–H groups in total. The summed E-state index contributed by atoms with van der Waals surface area (Å²) in [7, 11) is 0. The molecule has 164 valence electrons. The highest BCUT2D eigenvalue weighted by Gasteiger charge is 2.29. The zero-order chi connectivity index (χ0) is 21.9. The van der Waals surface area contributed by atoms with Crippen molar-refractivity contribution >= 4 is 34.0 Å². The number of hydrogen-bond donors (Lipinski definition) is 1. The van der Waals surface area contributed by atoms with Crippen molar-refractivity contribution in [3.05, 3.63) is 33.9 Å². The summed E-state index contributed by atoms with van der Waals surface area (Å²) in [5.74, 6) is -0.919. The number of carbonyl (C=O) groups excluding carboxylic acids is 1. The fourth-order valence-electron chi connectivity index (χ4n) is 3.05. The molecule has 0 spiro atoms. The predicted molar refractivity (Wildman–Crippen MR) is 106 cm³/mol. The summed E-state index contributed by atoms with van der Waals surface area (Å²) in [6.45, 7) is 4.77. The van der Waals surface area contributed by atoms with Crippen molar-refractivity contribution in [2.75, 3.05) is 25.0 Å². The number of halogens is 4. The smallest absolute Gasteiger partial charge is 0.422 e. The number of amides is 1. The van der Waals surface area contributed by atoms with Gasteiger partial charge in [0.2, 0.25) is 5.88 Å². The first-order valence-corrected chi connectivity index (χ1v) is 10.3. The lowest BCUT2D eigenvalue weighted by Gasteiger charge is -2.34. The highest BCUT2D eigenvalue weighted by atomic mass is 35.5. The third-order valence-electron chi connectivity index (χ3n) is 4.10. The van der Waals surface area contributed by atoms with Crippen LogP contribution < -0.4 is 10.1 Å². The van der Waals surface area contributed by atoms with E-state index in [2.05, 4.69) is 24.9 Å². The minimum atomic E-state index is -4.51. The summed E-state index contributed by atoms with van der Waals surface area (Å²) in [6, 6.07) is 1.20. The number of thiazole rings is 1. The molecule has 2 aromatic heterocycles. The third kappa shape index (κ3) is 6.53. The van der Waals surface area contributed by atoms with Crippen LogP contribution in [0.3, 0.4) is 0 Å². The van der Waals surface area contributed by atoms with Gasteiger partial charge in [-0.2, -0.15) is 13.2 Å². The van der Waals surface area contributed by atoms with Crippen molar-refractivity contribution in [1.82, 2.24) is 14.9 Å². The van der Waals surface area contributed by atoms with E-state index in [4.69, 9.17) is 16.3 Å². The van der Waals surface area contributed by atoms with Gasteiger partial charge in [-0.1, -0.05) is 11.6 Å². The highest BCUT2D eigenvalue weighted by molar-refractivity contribution is 7.14. The average Bonchev–Trinajstić information content (AvgIpc) is 3.05. The summed E-state index contributed by atoms with van der Waals surface area (Å²) in [4.78, 5) is 22.7. The van der Waals surface area contributed by atoms with Crippen molar-refractivity contribution in [2.24, 2.45) is 0 Å². The number of ether oxygens (including phenoxy) is 2. The normalized spacial score (nSPS) is 20.2. The van der Waals surface area contributed by atoms with Gasteiger partial charge in [-0.05, 0) is 19.9 Å². The van der Waals surface area contributed by atoms with Crippen LogP contribution in [0.1, 0.15) is 29.9 Å². The lowest BCUT2D eigenvalue weighted by molar-refractivity contribution is -0.154. The fourth-order valence-corrected chi connectivity index (χ4v) is 3.97. The number of morpholine rings is 1. The number of alkyl halides is 3. The summed E-state index contributed by atoms with van der Waals surface area (Å²) in [5.41, 5.74) is 0.899. The number of carbonyl (C=O) groups is 1. The van der Waals surface area contributed by atoms with Crippen molar-refractivity contribution in [2.45, 2.75) is 38.8 Å². The van der Waals surface area contributed by atoms with Gasteiger partial charge in [0.1, 0.15) is 5.02 Å². The van der Waals surface area contributed by atoms with Gasteiger partial charge < -0.3 is 9.47 Å². The number of nitrogens with one attached hydrogen (secondary N) is 1. The number of rotatable bonds is 6. The number of anilines is 1. The van der Waals surface area contributed by atoms with Crippen LogP contribution in [0.15, 0.2) is 17.6 Å². The van der Waals surface area contributed by atoms with Crippen LogP contribution in [0, 0.1) is 0 Å². The van der Waals surface area contributed by atoms with E-state index in [0.29, 0.717) is 11.7 Å². The SMILES string of the molecule is CC1CN(Cc2csc(NC(=O)c3cnc(OCC(F)(F)F)c(Cl)c3)n2)CC(C)O1. The molecule has 1 amide bonds. The van der Waals surface area contributed by atoms with Crippen molar-refractivity contribution in [3.8, 4) is 5.88 Å². The van der Waals surface area contributed by atoms with E-state index in [0.717, 1.165) is 25.0 Å². The number of hydrogen-bond acceptors (Lipinski definition) is 7. The molecular weight excluding hydrogens is 445 g/mol. The second-order valence-corrected chi connectivity index (χ2v) is 8.23. The van der Waals surface area contributed by atoms with Gasteiger partial charge in [0, 0.05) is 31.2 Å². The Kier molecular flexibility index (Phi) is 7.17. The quantitative estimate of drug-likeness (QED) is 0.696. The maximum absolute atomic E-state index is 12.4. The molecular formula is C18H20ClF3N4O3S. The van der Waals surface area contributed by atoms with Gasteiger partial charge in [0.05, 0.1) is 23.5 Å². The summed E-state index contributed by atoms with van der Waals surface area (Å²) in [6.07, 6.45) is -3.13. The Morgan fingerprint density at radius 1 is 1.40 bits per heavy atom. The first kappa shape index (κ1) is 22.7. The van der Waals surface area contributed by atoms with E-state index in [9.17, 15) is 18.0 Å². The Morgan fingerprint density at radius 2 is 2.10 bits per heavy atom. The molecule has 1 fully saturated rings. The predicted octanol–water partition coefficient (Wildman–Crippen LogP) is 3.99. The first-order valence-electron chi connectivity index (χ1n) is 9.07. The van der Waals surface area contributed by atoms with Crippen LogP contribution >= 0.6 is 22.9 Å². The van der Waals surface area contributed by atoms with Gasteiger partial charge >= 0.3 is 6.18 Å². The third-order valence-corrected chi connectivity index (χ3v) is 5.17. The Morgan fingerprint density at radius 3 is 2.73 bits per heavy atom. The van der Waals surface area contributed by atoms with Gasteiger partial charge in [0.15, 0.2) is 11.7 Å². The Hall–Kier alpha value is -1.95. The molecule has 2 unspecified atom stereocenters. The Labute approximate surface area is 180 Å². The molecule has 0 radical (unpaired) electrons. The molecule has 0 aliphatic carbocycles. The minimum Gasteiger partial charge on any atom is -0.467 e. The molecule has 1 aliphatic heterocycles. The zero-order valence-electron chi connectivity index (χ0n) is 16.2. The van der Waals surface area contributed by atoms with Crippen LogP contribution in [0.5, 0.6) is 5.88 Å². The molecule has 1 saturated heterocycles. The molecule has 3 heterocycles.